The molecule has 1 aromatic carbocycles. The van der Waals surface area contributed by atoms with Crippen LogP contribution >= 0.6 is 11.3 Å². The van der Waals surface area contributed by atoms with E-state index in [-0.39, 0.29) is 0 Å². The van der Waals surface area contributed by atoms with Gasteiger partial charge in [-0.05, 0) is 18.6 Å². The molecule has 0 amide bonds. The normalized spacial score (nSPS) is 15.4. The molecule has 3 heterocycles. The first-order valence-corrected chi connectivity index (χ1v) is 9.96. The largest absolute Gasteiger partial charge is 0.448 e. The van der Waals surface area contributed by atoms with E-state index in [9.17, 15) is 4.79 Å². The maximum absolute atomic E-state index is 12.8. The van der Waals surface area contributed by atoms with Crippen molar-refractivity contribution in [2.45, 2.75) is 20.0 Å². The quantitative estimate of drug-likeness (QED) is 0.603. The SMILES string of the molecule is Cc1nnc([C@@H](C)OC(=O)c2cc(-c3ccccc3)c(N3CCOCC3)s2)o1. The van der Waals surface area contributed by atoms with Crippen LogP contribution < -0.4 is 4.90 Å². The molecule has 0 N–H and O–H groups in total. The van der Waals surface area contributed by atoms with E-state index in [0.717, 1.165) is 29.2 Å². The second-order valence-corrected chi connectivity index (χ2v) is 7.53. The van der Waals surface area contributed by atoms with Crippen molar-refractivity contribution < 1.29 is 18.7 Å². The number of carbonyl (C=O) groups is 1. The predicted molar refractivity (Wildman–Crippen MR) is 106 cm³/mol. The Morgan fingerprint density at radius 2 is 1.96 bits per heavy atom. The van der Waals surface area contributed by atoms with Crippen molar-refractivity contribution in [1.29, 1.82) is 0 Å². The van der Waals surface area contributed by atoms with Gasteiger partial charge in [-0.1, -0.05) is 30.3 Å². The molecule has 1 aliphatic rings. The van der Waals surface area contributed by atoms with E-state index in [1.54, 1.807) is 13.8 Å². The van der Waals surface area contributed by atoms with Crippen LogP contribution in [0.2, 0.25) is 0 Å². The van der Waals surface area contributed by atoms with Crippen molar-refractivity contribution in [3.8, 4) is 11.1 Å². The van der Waals surface area contributed by atoms with Gasteiger partial charge < -0.3 is 18.8 Å². The van der Waals surface area contributed by atoms with Crippen LogP contribution in [0.3, 0.4) is 0 Å². The summed E-state index contributed by atoms with van der Waals surface area (Å²) in [6.07, 6.45) is -0.609. The molecular weight excluding hydrogens is 378 g/mol. The Bertz CT molecular complexity index is 948. The van der Waals surface area contributed by atoms with Crippen LogP contribution in [-0.2, 0) is 9.47 Å². The summed E-state index contributed by atoms with van der Waals surface area (Å²) in [5.74, 6) is 0.333. The molecule has 0 aliphatic carbocycles. The molecule has 1 atom stereocenters. The van der Waals surface area contributed by atoms with Crippen LogP contribution in [0.4, 0.5) is 5.00 Å². The summed E-state index contributed by atoms with van der Waals surface area (Å²) in [6.45, 7) is 6.38. The number of aromatic nitrogens is 2. The molecule has 3 aromatic rings. The smallest absolute Gasteiger partial charge is 0.349 e. The molecule has 2 aromatic heterocycles. The zero-order valence-corrected chi connectivity index (χ0v) is 16.6. The molecule has 0 saturated carbocycles. The number of ether oxygens (including phenoxy) is 2. The van der Waals surface area contributed by atoms with Crippen LogP contribution in [0.5, 0.6) is 0 Å². The van der Waals surface area contributed by atoms with Gasteiger partial charge in [-0.15, -0.1) is 21.5 Å². The second-order valence-electron chi connectivity index (χ2n) is 6.50. The topological polar surface area (TPSA) is 77.7 Å². The first-order valence-electron chi connectivity index (χ1n) is 9.15. The molecule has 1 aliphatic heterocycles. The lowest BCUT2D eigenvalue weighted by atomic mass is 10.1. The van der Waals surface area contributed by atoms with Crippen molar-refractivity contribution in [3.05, 3.63) is 53.1 Å². The van der Waals surface area contributed by atoms with Gasteiger partial charge in [0.2, 0.25) is 5.89 Å². The standard InChI is InChI=1S/C20H21N3O4S/c1-13(18-22-21-14(2)27-18)26-20(24)17-12-16(15-6-4-3-5-7-15)19(28-17)23-8-10-25-11-9-23/h3-7,12-13H,8-11H2,1-2H3/t13-/m1/s1. The maximum atomic E-state index is 12.8. The fourth-order valence-corrected chi connectivity index (χ4v) is 4.17. The van der Waals surface area contributed by atoms with E-state index < -0.39 is 12.1 Å². The Morgan fingerprint density at radius 1 is 1.21 bits per heavy atom. The van der Waals surface area contributed by atoms with Crippen LogP contribution in [0.1, 0.15) is 34.5 Å². The molecule has 0 bridgehead atoms. The van der Waals surface area contributed by atoms with Gasteiger partial charge >= 0.3 is 5.97 Å². The highest BCUT2D eigenvalue weighted by molar-refractivity contribution is 7.18. The van der Waals surface area contributed by atoms with Crippen molar-refractivity contribution in [2.24, 2.45) is 0 Å². The molecule has 1 saturated heterocycles. The van der Waals surface area contributed by atoms with Gasteiger partial charge in [-0.2, -0.15) is 0 Å². The number of nitrogens with zero attached hydrogens (tertiary/aromatic N) is 3. The summed E-state index contributed by atoms with van der Waals surface area (Å²) in [4.78, 5) is 15.6. The second kappa shape index (κ2) is 8.12. The van der Waals surface area contributed by atoms with Gasteiger partial charge in [-0.3, -0.25) is 0 Å². The van der Waals surface area contributed by atoms with Crippen molar-refractivity contribution >= 4 is 22.3 Å². The Kier molecular flexibility index (Phi) is 5.40. The summed E-state index contributed by atoms with van der Waals surface area (Å²) in [5.41, 5.74) is 2.10. The number of thiophene rings is 1. The lowest BCUT2D eigenvalue weighted by molar-refractivity contribution is 0.0282. The van der Waals surface area contributed by atoms with Gasteiger partial charge in [0.1, 0.15) is 4.88 Å². The highest BCUT2D eigenvalue weighted by Gasteiger charge is 2.25. The minimum absolute atomic E-state index is 0.291. The summed E-state index contributed by atoms with van der Waals surface area (Å²) >= 11 is 1.44. The molecular formula is C20H21N3O4S. The number of hydrogen-bond donors (Lipinski definition) is 0. The van der Waals surface area contributed by atoms with Gasteiger partial charge in [0.15, 0.2) is 6.10 Å². The molecule has 7 nitrogen and oxygen atoms in total. The summed E-state index contributed by atoms with van der Waals surface area (Å²) in [5, 5.41) is 8.76. The third kappa shape index (κ3) is 3.93. The van der Waals surface area contributed by atoms with Crippen molar-refractivity contribution in [3.63, 3.8) is 0 Å². The number of hydrogen-bond acceptors (Lipinski definition) is 8. The highest BCUT2D eigenvalue weighted by atomic mass is 32.1. The Balaban J connectivity index is 1.61. The number of morpholine rings is 1. The van der Waals surface area contributed by atoms with Crippen LogP contribution in [0.25, 0.3) is 11.1 Å². The monoisotopic (exact) mass is 399 g/mol. The third-order valence-electron chi connectivity index (χ3n) is 4.47. The predicted octanol–water partition coefficient (Wildman–Crippen LogP) is 3.86. The van der Waals surface area contributed by atoms with E-state index >= 15 is 0 Å². The molecule has 0 unspecified atom stereocenters. The lowest BCUT2D eigenvalue weighted by Gasteiger charge is -2.28. The number of carbonyl (C=O) groups excluding carboxylic acids is 1. The number of aryl methyl sites for hydroxylation is 1. The molecule has 8 heteroatoms. The van der Waals surface area contributed by atoms with Gasteiger partial charge in [0.25, 0.3) is 5.89 Å². The fourth-order valence-electron chi connectivity index (χ4n) is 3.05. The lowest BCUT2D eigenvalue weighted by Crippen LogP contribution is -2.35. The van der Waals surface area contributed by atoms with Gasteiger partial charge in [0, 0.05) is 25.6 Å². The van der Waals surface area contributed by atoms with E-state index in [2.05, 4.69) is 15.1 Å². The minimum atomic E-state index is -0.609. The number of benzene rings is 1. The molecule has 0 spiro atoms. The van der Waals surface area contributed by atoms with Crippen LogP contribution in [-0.4, -0.2) is 42.5 Å². The number of anilines is 1. The Hall–Kier alpha value is -2.71. The maximum Gasteiger partial charge on any atom is 0.349 e. The summed E-state index contributed by atoms with van der Waals surface area (Å²) < 4.78 is 16.4. The van der Waals surface area contributed by atoms with E-state index in [4.69, 9.17) is 13.9 Å². The molecule has 4 rings (SSSR count). The molecule has 1 fully saturated rings. The number of rotatable bonds is 5. The average Bonchev–Trinajstić information content (AvgIpc) is 3.36. The van der Waals surface area contributed by atoms with Gasteiger partial charge in [0.05, 0.1) is 18.2 Å². The first-order chi connectivity index (χ1) is 13.6. The van der Waals surface area contributed by atoms with E-state index in [1.807, 2.05) is 36.4 Å². The number of esters is 1. The minimum Gasteiger partial charge on any atom is -0.448 e. The zero-order valence-electron chi connectivity index (χ0n) is 15.8. The van der Waals surface area contributed by atoms with E-state index in [1.165, 1.54) is 11.3 Å². The third-order valence-corrected chi connectivity index (χ3v) is 5.65. The average molecular weight is 399 g/mol. The van der Waals surface area contributed by atoms with Gasteiger partial charge in [-0.25, -0.2) is 4.79 Å². The summed E-state index contributed by atoms with van der Waals surface area (Å²) in [6, 6.07) is 12.0. The summed E-state index contributed by atoms with van der Waals surface area (Å²) in [7, 11) is 0. The van der Waals surface area contributed by atoms with Crippen molar-refractivity contribution in [2.75, 3.05) is 31.2 Å². The highest BCUT2D eigenvalue weighted by Crippen LogP contribution is 2.40. The Labute approximate surface area is 166 Å². The molecule has 146 valence electrons. The van der Waals surface area contributed by atoms with E-state index in [0.29, 0.717) is 29.9 Å². The van der Waals surface area contributed by atoms with Crippen molar-refractivity contribution in [1.82, 2.24) is 10.2 Å². The Morgan fingerprint density at radius 3 is 2.64 bits per heavy atom. The molecule has 28 heavy (non-hydrogen) atoms. The fraction of sp³-hybridized carbons (Fsp3) is 0.350. The first kappa shape index (κ1) is 18.6. The van der Waals surface area contributed by atoms with Crippen LogP contribution in [0, 0.1) is 6.92 Å². The van der Waals surface area contributed by atoms with Crippen LogP contribution in [0.15, 0.2) is 40.8 Å². The molecule has 0 radical (unpaired) electrons. The zero-order chi connectivity index (χ0) is 19.5.